The first-order chi connectivity index (χ1) is 7.45. The Hall–Kier alpha value is -1.05. The molecule has 2 saturated heterocycles. The van der Waals surface area contributed by atoms with Crippen molar-refractivity contribution in [1.82, 2.24) is 4.90 Å². The first kappa shape index (κ1) is 10.5. The highest BCUT2D eigenvalue weighted by molar-refractivity contribution is 5.66. The fraction of sp³-hybridized carbons (Fsp3) is 0.615. The summed E-state index contributed by atoms with van der Waals surface area (Å²) in [5, 5.41) is 0. The summed E-state index contributed by atoms with van der Waals surface area (Å²) in [6, 6.07) is 0. The van der Waals surface area contributed by atoms with Crippen LogP contribution in [0.2, 0.25) is 0 Å². The molecule has 0 N–H and O–H groups in total. The van der Waals surface area contributed by atoms with Crippen LogP contribution in [0.5, 0.6) is 0 Å². The predicted octanol–water partition coefficient (Wildman–Crippen LogP) is 2.03. The third kappa shape index (κ3) is 3.54. The molecule has 0 unspecified atom stereocenters. The molecule has 0 saturated carbocycles. The van der Waals surface area contributed by atoms with Crippen LogP contribution in [0.1, 0.15) is 25.7 Å². The van der Waals surface area contributed by atoms with Gasteiger partial charge in [0.25, 0.3) is 0 Å². The van der Waals surface area contributed by atoms with Crippen molar-refractivity contribution in [1.29, 1.82) is 0 Å². The molecule has 15 heavy (non-hydrogen) atoms. The summed E-state index contributed by atoms with van der Waals surface area (Å²) in [4.78, 5) is 2.39. The molecular formula is C13H21N2+. The Morgan fingerprint density at radius 2 is 1.53 bits per heavy atom. The van der Waals surface area contributed by atoms with Crippen LogP contribution in [0.25, 0.3) is 0 Å². The fourth-order valence-corrected chi connectivity index (χ4v) is 2.19. The lowest BCUT2D eigenvalue weighted by molar-refractivity contribution is -0.500. The van der Waals surface area contributed by atoms with Crippen molar-refractivity contribution in [2.45, 2.75) is 25.7 Å². The van der Waals surface area contributed by atoms with Gasteiger partial charge >= 0.3 is 0 Å². The minimum Gasteiger partial charge on any atom is -0.377 e. The van der Waals surface area contributed by atoms with E-state index in [1.165, 1.54) is 51.9 Å². The first-order valence-corrected chi connectivity index (χ1v) is 6.11. The number of hydrogen-bond acceptors (Lipinski definition) is 1. The van der Waals surface area contributed by atoms with E-state index < -0.39 is 0 Å². The van der Waals surface area contributed by atoms with Gasteiger partial charge in [-0.1, -0.05) is 6.08 Å². The van der Waals surface area contributed by atoms with Gasteiger partial charge in [-0.15, -0.1) is 0 Å². The Morgan fingerprint density at radius 1 is 0.800 bits per heavy atom. The van der Waals surface area contributed by atoms with Crippen LogP contribution in [0.3, 0.4) is 0 Å². The van der Waals surface area contributed by atoms with E-state index in [2.05, 4.69) is 40.1 Å². The number of nitrogens with zero attached hydrogens (tertiary/aromatic N) is 2. The summed E-state index contributed by atoms with van der Waals surface area (Å²) in [6.07, 6.45) is 16.3. The molecule has 0 aliphatic carbocycles. The molecule has 0 radical (unpaired) electrons. The van der Waals surface area contributed by atoms with Gasteiger partial charge in [0.2, 0.25) is 0 Å². The van der Waals surface area contributed by atoms with Crippen LogP contribution in [0.15, 0.2) is 24.4 Å². The molecule has 2 fully saturated rings. The van der Waals surface area contributed by atoms with E-state index >= 15 is 0 Å². The summed E-state index contributed by atoms with van der Waals surface area (Å²) in [5.74, 6) is 0. The Labute approximate surface area is 92.6 Å². The number of likely N-dealkylation sites (tertiary alicyclic amines) is 1. The Morgan fingerprint density at radius 3 is 2.27 bits per heavy atom. The highest BCUT2D eigenvalue weighted by Crippen LogP contribution is 2.06. The van der Waals surface area contributed by atoms with Crippen molar-refractivity contribution in [3.63, 3.8) is 0 Å². The lowest BCUT2D eigenvalue weighted by atomic mass is 10.4. The molecule has 2 heteroatoms. The molecule has 0 spiro atoms. The Bertz CT molecular complexity index is 262. The van der Waals surface area contributed by atoms with E-state index in [9.17, 15) is 0 Å². The third-order valence-corrected chi connectivity index (χ3v) is 3.10. The van der Waals surface area contributed by atoms with E-state index in [-0.39, 0.29) is 0 Å². The van der Waals surface area contributed by atoms with Gasteiger partial charge in [0.1, 0.15) is 13.1 Å². The quantitative estimate of drug-likeness (QED) is 0.505. The average Bonchev–Trinajstić information content (AvgIpc) is 2.88. The highest BCUT2D eigenvalue weighted by Gasteiger charge is 2.10. The van der Waals surface area contributed by atoms with Crippen molar-refractivity contribution in [3.8, 4) is 0 Å². The minimum atomic E-state index is 1.24. The van der Waals surface area contributed by atoms with Crippen LogP contribution in [-0.2, 0) is 0 Å². The van der Waals surface area contributed by atoms with Crippen molar-refractivity contribution in [2.24, 2.45) is 0 Å². The van der Waals surface area contributed by atoms with Crippen molar-refractivity contribution in [3.05, 3.63) is 24.4 Å². The zero-order valence-corrected chi connectivity index (χ0v) is 9.44. The molecule has 0 aromatic rings. The highest BCUT2D eigenvalue weighted by atomic mass is 15.1. The zero-order chi connectivity index (χ0) is 10.3. The monoisotopic (exact) mass is 205 g/mol. The molecule has 2 aliphatic heterocycles. The Balaban J connectivity index is 1.71. The summed E-state index contributed by atoms with van der Waals surface area (Å²) < 4.78 is 2.39. The lowest BCUT2D eigenvalue weighted by Gasteiger charge is -2.08. The van der Waals surface area contributed by atoms with Gasteiger partial charge < -0.3 is 4.90 Å². The second-order valence-corrected chi connectivity index (χ2v) is 4.36. The van der Waals surface area contributed by atoms with Gasteiger partial charge in [0.15, 0.2) is 6.21 Å². The average molecular weight is 205 g/mol. The molecule has 0 bridgehead atoms. The van der Waals surface area contributed by atoms with E-state index in [1.807, 2.05) is 0 Å². The van der Waals surface area contributed by atoms with Gasteiger partial charge in [0, 0.05) is 32.0 Å². The molecule has 0 aromatic heterocycles. The third-order valence-electron chi connectivity index (χ3n) is 3.10. The van der Waals surface area contributed by atoms with Crippen LogP contribution in [0, 0.1) is 0 Å². The summed E-state index contributed by atoms with van der Waals surface area (Å²) >= 11 is 0. The van der Waals surface area contributed by atoms with Gasteiger partial charge in [0.05, 0.1) is 0 Å². The van der Waals surface area contributed by atoms with Gasteiger partial charge in [-0.05, 0) is 25.1 Å². The largest absolute Gasteiger partial charge is 0.377 e. The molecule has 0 atom stereocenters. The SMILES string of the molecule is C(/C=C/C=C/N1CCCC1)=[N+]1CCCC1. The number of hydrogen-bond donors (Lipinski definition) is 0. The predicted molar refractivity (Wildman–Crippen MR) is 64.4 cm³/mol. The van der Waals surface area contributed by atoms with Crippen LogP contribution < -0.4 is 0 Å². The molecule has 82 valence electrons. The topological polar surface area (TPSA) is 6.25 Å². The van der Waals surface area contributed by atoms with E-state index in [4.69, 9.17) is 0 Å². The maximum absolute atomic E-state index is 2.39. The van der Waals surface area contributed by atoms with E-state index in [1.54, 1.807) is 0 Å². The van der Waals surface area contributed by atoms with Gasteiger partial charge in [-0.25, -0.2) is 4.58 Å². The zero-order valence-electron chi connectivity index (χ0n) is 9.44. The molecule has 0 amide bonds. The Kier molecular flexibility index (Phi) is 4.01. The maximum atomic E-state index is 2.39. The van der Waals surface area contributed by atoms with Crippen molar-refractivity contribution < 1.29 is 4.58 Å². The van der Waals surface area contributed by atoms with Gasteiger partial charge in [-0.2, -0.15) is 0 Å². The maximum Gasteiger partial charge on any atom is 0.163 e. The smallest absolute Gasteiger partial charge is 0.163 e. The normalized spacial score (nSPS) is 22.4. The number of allylic oxidation sites excluding steroid dienone is 3. The molecule has 2 nitrogen and oxygen atoms in total. The van der Waals surface area contributed by atoms with Crippen LogP contribution in [0.4, 0.5) is 0 Å². The summed E-state index contributed by atoms with van der Waals surface area (Å²) in [5.41, 5.74) is 0. The lowest BCUT2D eigenvalue weighted by Crippen LogP contribution is -2.09. The van der Waals surface area contributed by atoms with Crippen LogP contribution in [-0.4, -0.2) is 41.9 Å². The molecule has 2 heterocycles. The molecule has 2 aliphatic rings. The second kappa shape index (κ2) is 5.74. The van der Waals surface area contributed by atoms with Gasteiger partial charge in [-0.3, -0.25) is 0 Å². The minimum absolute atomic E-state index is 1.24. The first-order valence-electron chi connectivity index (χ1n) is 6.11. The number of rotatable bonds is 3. The van der Waals surface area contributed by atoms with Crippen molar-refractivity contribution in [2.75, 3.05) is 26.2 Å². The van der Waals surface area contributed by atoms with E-state index in [0.29, 0.717) is 0 Å². The second-order valence-electron chi connectivity index (χ2n) is 4.36. The summed E-state index contributed by atoms with van der Waals surface area (Å²) in [7, 11) is 0. The molecular weight excluding hydrogens is 184 g/mol. The standard InChI is InChI=1S/C13H21N2/c1(2-8-14-10-4-5-11-14)3-9-15-12-6-7-13-15/h1-3,8-9H,4-7,10-13H2/q+1. The van der Waals surface area contributed by atoms with Crippen molar-refractivity contribution >= 4 is 6.21 Å². The van der Waals surface area contributed by atoms with Crippen LogP contribution >= 0.6 is 0 Å². The fourth-order valence-electron chi connectivity index (χ4n) is 2.19. The summed E-state index contributed by atoms with van der Waals surface area (Å²) in [6.45, 7) is 4.95. The van der Waals surface area contributed by atoms with E-state index in [0.717, 1.165) is 0 Å². The molecule has 0 aromatic carbocycles. The molecule has 2 rings (SSSR count).